The minimum absolute atomic E-state index is 0.0608. The zero-order chi connectivity index (χ0) is 18.1. The molecule has 2 amide bonds. The van der Waals surface area contributed by atoms with Gasteiger partial charge in [-0.15, -0.1) is 21.5 Å². The van der Waals surface area contributed by atoms with Gasteiger partial charge >= 0.3 is 6.03 Å². The van der Waals surface area contributed by atoms with E-state index in [0.29, 0.717) is 0 Å². The normalized spacial score (nSPS) is 15.0. The average Bonchev–Trinajstić information content (AvgIpc) is 3.31. The van der Waals surface area contributed by atoms with Crippen LogP contribution in [-0.2, 0) is 0 Å². The maximum atomic E-state index is 12.6. The van der Waals surface area contributed by atoms with Crippen molar-refractivity contribution in [3.8, 4) is 0 Å². The van der Waals surface area contributed by atoms with Crippen LogP contribution < -0.4 is 10.2 Å². The van der Waals surface area contributed by atoms with E-state index < -0.39 is 0 Å². The Kier molecular flexibility index (Phi) is 4.50. The summed E-state index contributed by atoms with van der Waals surface area (Å²) in [6, 6.07) is 7.87. The smallest absolute Gasteiger partial charge is 0.322 e. The van der Waals surface area contributed by atoms with Crippen LogP contribution in [0.25, 0.3) is 5.65 Å². The Balaban J connectivity index is 1.42. The molecule has 0 aromatic carbocycles. The summed E-state index contributed by atoms with van der Waals surface area (Å²) in [5.41, 5.74) is 1.54. The van der Waals surface area contributed by atoms with Crippen molar-refractivity contribution in [1.82, 2.24) is 19.5 Å². The molecule has 0 bridgehead atoms. The van der Waals surface area contributed by atoms with Crippen LogP contribution in [0.1, 0.15) is 25.6 Å². The van der Waals surface area contributed by atoms with Gasteiger partial charge in [0.1, 0.15) is 5.82 Å². The molecular weight excluding hydrogens is 348 g/mol. The lowest BCUT2D eigenvalue weighted by molar-refractivity contribution is 0.208. The molecular formula is C18H22N6OS. The zero-order valence-electron chi connectivity index (χ0n) is 14.9. The monoisotopic (exact) mass is 370 g/mol. The van der Waals surface area contributed by atoms with E-state index in [1.165, 1.54) is 5.00 Å². The van der Waals surface area contributed by atoms with Gasteiger partial charge in [0, 0.05) is 38.3 Å². The molecule has 1 aliphatic heterocycles. The number of thiophene rings is 1. The first-order chi connectivity index (χ1) is 12.6. The third-order valence-electron chi connectivity index (χ3n) is 4.58. The van der Waals surface area contributed by atoms with E-state index in [1.54, 1.807) is 11.3 Å². The van der Waals surface area contributed by atoms with Crippen LogP contribution in [0, 0.1) is 0 Å². The number of hydrogen-bond acceptors (Lipinski definition) is 5. The number of piperazine rings is 1. The second-order valence-electron chi connectivity index (χ2n) is 6.71. The van der Waals surface area contributed by atoms with E-state index in [0.717, 1.165) is 43.3 Å². The molecule has 0 spiro atoms. The van der Waals surface area contributed by atoms with Crippen molar-refractivity contribution >= 4 is 33.7 Å². The van der Waals surface area contributed by atoms with Crippen molar-refractivity contribution < 1.29 is 4.79 Å². The number of amides is 2. The Morgan fingerprint density at radius 2 is 1.96 bits per heavy atom. The van der Waals surface area contributed by atoms with Gasteiger partial charge in [-0.25, -0.2) is 4.79 Å². The Morgan fingerprint density at radius 1 is 1.15 bits per heavy atom. The number of hydrogen-bond donors (Lipinski definition) is 1. The Bertz CT molecular complexity index is 896. The first-order valence-corrected chi connectivity index (χ1v) is 9.69. The molecule has 0 aliphatic carbocycles. The fourth-order valence-corrected chi connectivity index (χ4v) is 3.94. The lowest BCUT2D eigenvalue weighted by atomic mass is 10.2. The van der Waals surface area contributed by atoms with E-state index in [2.05, 4.69) is 51.8 Å². The molecule has 3 aromatic rings. The van der Waals surface area contributed by atoms with Crippen LogP contribution in [0.3, 0.4) is 0 Å². The predicted molar refractivity (Wildman–Crippen MR) is 104 cm³/mol. The van der Waals surface area contributed by atoms with Crippen molar-refractivity contribution in [2.45, 2.75) is 19.8 Å². The van der Waals surface area contributed by atoms with Gasteiger partial charge in [-0.1, -0.05) is 13.8 Å². The van der Waals surface area contributed by atoms with Crippen molar-refractivity contribution in [3.63, 3.8) is 0 Å². The van der Waals surface area contributed by atoms with E-state index in [-0.39, 0.29) is 11.9 Å². The van der Waals surface area contributed by atoms with Crippen LogP contribution in [0.5, 0.6) is 0 Å². The molecule has 4 rings (SSSR count). The molecule has 3 aromatic heterocycles. The number of nitrogens with one attached hydrogen (secondary N) is 1. The summed E-state index contributed by atoms with van der Waals surface area (Å²) in [6.07, 6.45) is 1.89. The number of rotatable bonds is 3. The molecule has 4 heterocycles. The van der Waals surface area contributed by atoms with Gasteiger partial charge in [0.05, 0.1) is 10.7 Å². The third-order valence-corrected chi connectivity index (χ3v) is 5.51. The van der Waals surface area contributed by atoms with E-state index in [1.807, 2.05) is 27.6 Å². The molecule has 8 heteroatoms. The van der Waals surface area contributed by atoms with Gasteiger partial charge in [-0.05, 0) is 29.6 Å². The number of nitrogens with zero attached hydrogens (tertiary/aromatic N) is 5. The maximum absolute atomic E-state index is 12.6. The summed E-state index contributed by atoms with van der Waals surface area (Å²) in [4.78, 5) is 16.8. The highest BCUT2D eigenvalue weighted by Crippen LogP contribution is 2.23. The molecule has 0 saturated carbocycles. The fraction of sp³-hybridized carbons (Fsp3) is 0.389. The molecule has 1 fully saturated rings. The number of carbonyl (C=O) groups excluding carboxylic acids is 1. The first-order valence-electron chi connectivity index (χ1n) is 8.81. The average molecular weight is 370 g/mol. The van der Waals surface area contributed by atoms with Crippen LogP contribution in [-0.4, -0.2) is 51.7 Å². The van der Waals surface area contributed by atoms with Crippen molar-refractivity contribution in [3.05, 3.63) is 41.7 Å². The highest BCUT2D eigenvalue weighted by molar-refractivity contribution is 7.14. The molecule has 1 aliphatic rings. The molecule has 7 nitrogen and oxygen atoms in total. The summed E-state index contributed by atoms with van der Waals surface area (Å²) < 4.78 is 1.94. The largest absolute Gasteiger partial charge is 0.360 e. The predicted octanol–water partition coefficient (Wildman–Crippen LogP) is 3.27. The van der Waals surface area contributed by atoms with Gasteiger partial charge in [0.25, 0.3) is 0 Å². The van der Waals surface area contributed by atoms with Crippen molar-refractivity contribution in [2.24, 2.45) is 0 Å². The fourth-order valence-electron chi connectivity index (χ4n) is 3.16. The topological polar surface area (TPSA) is 65.8 Å². The lowest BCUT2D eigenvalue weighted by Gasteiger charge is -2.35. The van der Waals surface area contributed by atoms with Crippen LogP contribution >= 0.6 is 11.3 Å². The molecule has 0 radical (unpaired) electrons. The number of pyridine rings is 1. The molecule has 0 unspecified atom stereocenters. The van der Waals surface area contributed by atoms with E-state index >= 15 is 0 Å². The van der Waals surface area contributed by atoms with Crippen LogP contribution in [0.4, 0.5) is 15.5 Å². The minimum atomic E-state index is -0.0608. The summed E-state index contributed by atoms with van der Waals surface area (Å²) >= 11 is 1.74. The molecule has 0 atom stereocenters. The first kappa shape index (κ1) is 16.8. The summed E-state index contributed by atoms with van der Waals surface area (Å²) in [7, 11) is 0. The quantitative estimate of drug-likeness (QED) is 0.768. The number of urea groups is 1. The second kappa shape index (κ2) is 6.95. The van der Waals surface area contributed by atoms with E-state index in [4.69, 9.17) is 0 Å². The van der Waals surface area contributed by atoms with Gasteiger partial charge in [0.2, 0.25) is 0 Å². The number of aromatic nitrogens is 3. The highest BCUT2D eigenvalue weighted by Gasteiger charge is 2.22. The number of anilines is 2. The summed E-state index contributed by atoms with van der Waals surface area (Å²) in [5, 5.41) is 14.7. The van der Waals surface area contributed by atoms with Crippen molar-refractivity contribution in [2.75, 3.05) is 36.4 Å². The van der Waals surface area contributed by atoms with Gasteiger partial charge in [-0.2, -0.15) is 0 Å². The summed E-state index contributed by atoms with van der Waals surface area (Å²) in [5.74, 6) is 1.15. The van der Waals surface area contributed by atoms with Crippen LogP contribution in [0.15, 0.2) is 35.8 Å². The van der Waals surface area contributed by atoms with Gasteiger partial charge < -0.3 is 15.1 Å². The Morgan fingerprint density at radius 3 is 2.65 bits per heavy atom. The Labute approximate surface area is 156 Å². The third kappa shape index (κ3) is 3.24. The molecule has 1 saturated heterocycles. The molecule has 26 heavy (non-hydrogen) atoms. The number of carbonyl (C=O) groups is 1. The van der Waals surface area contributed by atoms with Gasteiger partial charge in [0.15, 0.2) is 5.65 Å². The van der Waals surface area contributed by atoms with E-state index in [9.17, 15) is 4.79 Å². The SMILES string of the molecule is CC(C)c1nnc2ccc(NC(=O)N3CCN(c4cccs4)CC3)cn12. The standard InChI is InChI=1S/C18H22N6OS/c1-13(2)17-21-20-15-6-5-14(12-24(15)17)19-18(25)23-9-7-22(8-10-23)16-4-3-11-26-16/h3-6,11-13H,7-10H2,1-2H3,(H,19,25). The highest BCUT2D eigenvalue weighted by atomic mass is 32.1. The van der Waals surface area contributed by atoms with Crippen molar-refractivity contribution in [1.29, 1.82) is 0 Å². The van der Waals surface area contributed by atoms with Crippen LogP contribution in [0.2, 0.25) is 0 Å². The maximum Gasteiger partial charge on any atom is 0.322 e. The zero-order valence-corrected chi connectivity index (χ0v) is 15.7. The lowest BCUT2D eigenvalue weighted by Crippen LogP contribution is -2.50. The molecule has 1 N–H and O–H groups in total. The number of fused-ring (bicyclic) bond motifs is 1. The van der Waals surface area contributed by atoms with Gasteiger partial charge in [-0.3, -0.25) is 4.40 Å². The molecule has 136 valence electrons. The Hall–Kier alpha value is -2.61. The second-order valence-corrected chi connectivity index (χ2v) is 7.64. The summed E-state index contributed by atoms with van der Waals surface area (Å²) in [6.45, 7) is 7.31. The minimum Gasteiger partial charge on any atom is -0.360 e.